The number of furan rings is 1. The molecule has 0 aliphatic rings. The fourth-order valence-electron chi connectivity index (χ4n) is 1.82. The van der Waals surface area contributed by atoms with Crippen molar-refractivity contribution in [1.29, 1.82) is 0 Å². The first-order valence-electron chi connectivity index (χ1n) is 6.53. The molecule has 2 N–H and O–H groups in total. The highest BCUT2D eigenvalue weighted by Crippen LogP contribution is 2.26. The van der Waals surface area contributed by atoms with Crippen molar-refractivity contribution in [3.63, 3.8) is 0 Å². The van der Waals surface area contributed by atoms with Crippen LogP contribution in [0.25, 0.3) is 0 Å². The number of aliphatic hydroxyl groups is 1. The number of hydrogen-bond donors (Lipinski definition) is 2. The second-order valence-electron chi connectivity index (χ2n) is 4.31. The molecule has 0 bridgehead atoms. The van der Waals surface area contributed by atoms with Crippen LogP contribution in [0.5, 0.6) is 0 Å². The van der Waals surface area contributed by atoms with Gasteiger partial charge in [-0.15, -0.1) is 11.8 Å². The number of thioether (sulfide) groups is 1. The molecule has 0 fully saturated rings. The Morgan fingerprint density at radius 3 is 2.95 bits per heavy atom. The number of benzene rings is 1. The third kappa shape index (κ3) is 4.27. The monoisotopic (exact) mass is 325 g/mol. The zero-order valence-corrected chi connectivity index (χ0v) is 13.1. The highest BCUT2D eigenvalue weighted by molar-refractivity contribution is 7.99. The van der Waals surface area contributed by atoms with Crippen molar-refractivity contribution in [2.75, 3.05) is 12.3 Å². The Balaban J connectivity index is 2.03. The average molecular weight is 326 g/mol. The van der Waals surface area contributed by atoms with Gasteiger partial charge in [0, 0.05) is 9.92 Å². The molecule has 112 valence electrons. The lowest BCUT2D eigenvalue weighted by atomic mass is 10.2. The molecule has 0 aliphatic heterocycles. The van der Waals surface area contributed by atoms with E-state index < -0.39 is 6.10 Å². The van der Waals surface area contributed by atoms with Gasteiger partial charge in [-0.3, -0.25) is 4.79 Å². The van der Waals surface area contributed by atoms with Crippen molar-refractivity contribution in [2.24, 2.45) is 0 Å². The first-order valence-corrected chi connectivity index (χ1v) is 7.90. The Kier molecular flexibility index (Phi) is 5.73. The summed E-state index contributed by atoms with van der Waals surface area (Å²) in [6.45, 7) is 2.10. The SMILES string of the molecule is CCSc1cc(Cl)ccc1C(=O)NC[C@H](O)c1ccco1. The fourth-order valence-corrected chi connectivity index (χ4v) is 2.90. The topological polar surface area (TPSA) is 62.5 Å². The maximum Gasteiger partial charge on any atom is 0.252 e. The molecule has 0 unspecified atom stereocenters. The zero-order chi connectivity index (χ0) is 15.2. The van der Waals surface area contributed by atoms with Crippen molar-refractivity contribution >= 4 is 29.3 Å². The molecule has 2 aromatic rings. The van der Waals surface area contributed by atoms with Gasteiger partial charge in [0.2, 0.25) is 0 Å². The van der Waals surface area contributed by atoms with Gasteiger partial charge in [0.15, 0.2) is 0 Å². The van der Waals surface area contributed by atoms with Crippen LogP contribution in [0.2, 0.25) is 5.02 Å². The number of halogens is 1. The summed E-state index contributed by atoms with van der Waals surface area (Å²) < 4.78 is 5.09. The minimum Gasteiger partial charge on any atom is -0.467 e. The number of carbonyl (C=O) groups is 1. The average Bonchev–Trinajstić information content (AvgIpc) is 2.99. The van der Waals surface area contributed by atoms with Crippen LogP contribution in [0.3, 0.4) is 0 Å². The summed E-state index contributed by atoms with van der Waals surface area (Å²) in [6, 6.07) is 8.49. The van der Waals surface area contributed by atoms with E-state index in [2.05, 4.69) is 5.32 Å². The molecule has 1 aromatic carbocycles. The number of nitrogens with one attached hydrogen (secondary N) is 1. The number of carbonyl (C=O) groups excluding carboxylic acids is 1. The number of hydrogen-bond acceptors (Lipinski definition) is 4. The van der Waals surface area contributed by atoms with Crippen LogP contribution < -0.4 is 5.32 Å². The van der Waals surface area contributed by atoms with Crippen LogP contribution in [0, 0.1) is 0 Å². The van der Waals surface area contributed by atoms with Gasteiger partial charge in [-0.05, 0) is 36.1 Å². The maximum absolute atomic E-state index is 12.2. The largest absolute Gasteiger partial charge is 0.467 e. The van der Waals surface area contributed by atoms with Crippen molar-refractivity contribution in [3.8, 4) is 0 Å². The lowest BCUT2D eigenvalue weighted by molar-refractivity contribution is 0.0898. The minimum absolute atomic E-state index is 0.0885. The van der Waals surface area contributed by atoms with Crippen LogP contribution >= 0.6 is 23.4 Å². The van der Waals surface area contributed by atoms with Crippen LogP contribution in [0.4, 0.5) is 0 Å². The maximum atomic E-state index is 12.2. The van der Waals surface area contributed by atoms with E-state index in [9.17, 15) is 9.90 Å². The van der Waals surface area contributed by atoms with Crippen LogP contribution in [0.15, 0.2) is 45.9 Å². The molecule has 4 nitrogen and oxygen atoms in total. The van der Waals surface area contributed by atoms with Gasteiger partial charge >= 0.3 is 0 Å². The highest BCUT2D eigenvalue weighted by Gasteiger charge is 2.15. The first kappa shape index (κ1) is 15.9. The predicted molar refractivity (Wildman–Crippen MR) is 83.9 cm³/mol. The number of aliphatic hydroxyl groups excluding tert-OH is 1. The molecule has 1 amide bonds. The second kappa shape index (κ2) is 7.54. The summed E-state index contributed by atoms with van der Waals surface area (Å²) in [6.07, 6.45) is 0.619. The van der Waals surface area contributed by atoms with Crippen LogP contribution in [0.1, 0.15) is 29.1 Å². The molecule has 0 radical (unpaired) electrons. The van der Waals surface area contributed by atoms with Gasteiger partial charge in [-0.2, -0.15) is 0 Å². The van der Waals surface area contributed by atoms with Crippen molar-refractivity contribution in [2.45, 2.75) is 17.9 Å². The number of rotatable bonds is 6. The van der Waals surface area contributed by atoms with Crippen molar-refractivity contribution in [1.82, 2.24) is 5.32 Å². The first-order chi connectivity index (χ1) is 10.1. The summed E-state index contributed by atoms with van der Waals surface area (Å²) in [5.41, 5.74) is 0.554. The molecular formula is C15H16ClNO3S. The normalized spacial score (nSPS) is 12.1. The molecule has 6 heteroatoms. The molecule has 0 aliphatic carbocycles. The lowest BCUT2D eigenvalue weighted by Gasteiger charge is -2.12. The van der Waals surface area contributed by atoms with Gasteiger partial charge in [0.05, 0.1) is 18.4 Å². The Bertz CT molecular complexity index is 601. The Morgan fingerprint density at radius 1 is 1.48 bits per heavy atom. The van der Waals surface area contributed by atoms with Gasteiger partial charge < -0.3 is 14.8 Å². The molecule has 0 saturated heterocycles. The molecular weight excluding hydrogens is 310 g/mol. The molecule has 1 atom stereocenters. The Hall–Kier alpha value is -1.43. The Labute approximate surface area is 132 Å². The smallest absolute Gasteiger partial charge is 0.252 e. The van der Waals surface area contributed by atoms with Crippen molar-refractivity contribution in [3.05, 3.63) is 52.9 Å². The highest BCUT2D eigenvalue weighted by atomic mass is 35.5. The quantitative estimate of drug-likeness (QED) is 0.798. The predicted octanol–water partition coefficient (Wildman–Crippen LogP) is 3.51. The third-order valence-electron chi connectivity index (χ3n) is 2.82. The van der Waals surface area contributed by atoms with E-state index in [4.69, 9.17) is 16.0 Å². The third-order valence-corrected chi connectivity index (χ3v) is 3.99. The molecule has 0 spiro atoms. The molecule has 1 heterocycles. The molecule has 21 heavy (non-hydrogen) atoms. The zero-order valence-electron chi connectivity index (χ0n) is 11.5. The minimum atomic E-state index is -0.862. The van der Waals surface area contributed by atoms with Gasteiger partial charge in [-0.1, -0.05) is 18.5 Å². The Morgan fingerprint density at radius 2 is 2.29 bits per heavy atom. The van der Waals surface area contributed by atoms with E-state index in [1.54, 1.807) is 42.1 Å². The van der Waals surface area contributed by atoms with Crippen LogP contribution in [-0.2, 0) is 0 Å². The van der Waals surface area contributed by atoms with Crippen LogP contribution in [-0.4, -0.2) is 23.3 Å². The standard InChI is InChI=1S/C15H16ClNO3S/c1-2-21-14-8-10(16)5-6-11(14)15(19)17-9-12(18)13-4-3-7-20-13/h3-8,12,18H,2,9H2,1H3,(H,17,19)/t12-/m0/s1. The van der Waals surface area contributed by atoms with E-state index >= 15 is 0 Å². The van der Waals surface area contributed by atoms with Gasteiger partial charge in [0.1, 0.15) is 11.9 Å². The molecule has 2 rings (SSSR count). The van der Waals surface area contributed by atoms with E-state index in [0.29, 0.717) is 16.3 Å². The summed E-state index contributed by atoms with van der Waals surface area (Å²) >= 11 is 7.50. The fraction of sp³-hybridized carbons (Fsp3) is 0.267. The molecule has 1 aromatic heterocycles. The van der Waals surface area contributed by atoms with Gasteiger partial charge in [0.25, 0.3) is 5.91 Å². The summed E-state index contributed by atoms with van der Waals surface area (Å²) in [5.74, 6) is 1.03. The van der Waals surface area contributed by atoms with E-state index in [0.717, 1.165) is 10.6 Å². The van der Waals surface area contributed by atoms with E-state index in [-0.39, 0.29) is 12.5 Å². The molecule has 0 saturated carbocycles. The second-order valence-corrected chi connectivity index (χ2v) is 6.06. The van der Waals surface area contributed by atoms with E-state index in [1.807, 2.05) is 6.92 Å². The lowest BCUT2D eigenvalue weighted by Crippen LogP contribution is -2.28. The summed E-state index contributed by atoms with van der Waals surface area (Å²) in [4.78, 5) is 13.0. The number of amides is 1. The van der Waals surface area contributed by atoms with Crippen molar-refractivity contribution < 1.29 is 14.3 Å². The van der Waals surface area contributed by atoms with E-state index in [1.165, 1.54) is 6.26 Å². The summed E-state index contributed by atoms with van der Waals surface area (Å²) in [5, 5.41) is 13.2. The van der Waals surface area contributed by atoms with Gasteiger partial charge in [-0.25, -0.2) is 0 Å². The summed E-state index contributed by atoms with van der Waals surface area (Å²) in [7, 11) is 0.